The zero-order chi connectivity index (χ0) is 23.8. The number of ether oxygens (including phenoxy) is 1. The summed E-state index contributed by atoms with van der Waals surface area (Å²) in [4.78, 5) is 28.1. The molecule has 1 aromatic heterocycles. The Hall–Kier alpha value is -4.33. The fourth-order valence-electron chi connectivity index (χ4n) is 3.57. The van der Waals surface area contributed by atoms with Gasteiger partial charge in [0.05, 0.1) is 12.2 Å². The van der Waals surface area contributed by atoms with Gasteiger partial charge in [-0.05, 0) is 61.4 Å². The van der Waals surface area contributed by atoms with Gasteiger partial charge in [0.15, 0.2) is 0 Å². The van der Waals surface area contributed by atoms with Gasteiger partial charge in [0.2, 0.25) is 0 Å². The van der Waals surface area contributed by atoms with Gasteiger partial charge < -0.3 is 25.8 Å². The predicted molar refractivity (Wildman–Crippen MR) is 130 cm³/mol. The molecule has 0 radical (unpaired) electrons. The molecule has 34 heavy (non-hydrogen) atoms. The first-order valence-electron chi connectivity index (χ1n) is 11.1. The molecule has 4 rings (SSSR count). The minimum Gasteiger partial charge on any atom is -0.485 e. The molecule has 4 N–H and O–H groups in total. The van der Waals surface area contributed by atoms with Crippen LogP contribution in [0.3, 0.4) is 0 Å². The molecular formula is C26H26N4O4. The van der Waals surface area contributed by atoms with Gasteiger partial charge in [-0.1, -0.05) is 12.1 Å². The SMILES string of the molecule is O=C(O)CC(Oc1cccc(NC(=O)c2ccc(NC3=CCCCN3)cc2)c1)c1cccnc1. The summed E-state index contributed by atoms with van der Waals surface area (Å²) in [6.07, 6.45) is 6.57. The van der Waals surface area contributed by atoms with Crippen LogP contribution in [-0.4, -0.2) is 28.5 Å². The average Bonchev–Trinajstić information content (AvgIpc) is 2.85. The summed E-state index contributed by atoms with van der Waals surface area (Å²) < 4.78 is 5.94. The maximum atomic E-state index is 12.7. The van der Waals surface area contributed by atoms with Gasteiger partial charge in [0, 0.05) is 47.5 Å². The van der Waals surface area contributed by atoms with Crippen LogP contribution in [0.5, 0.6) is 5.75 Å². The second-order valence-electron chi connectivity index (χ2n) is 7.86. The van der Waals surface area contributed by atoms with Gasteiger partial charge in [-0.15, -0.1) is 0 Å². The Kier molecular flexibility index (Phi) is 7.39. The van der Waals surface area contributed by atoms with Crippen LogP contribution in [-0.2, 0) is 4.79 Å². The molecular weight excluding hydrogens is 432 g/mol. The van der Waals surface area contributed by atoms with Gasteiger partial charge in [0.25, 0.3) is 5.91 Å². The number of allylic oxidation sites excluding steroid dienone is 1. The Morgan fingerprint density at radius 2 is 1.94 bits per heavy atom. The number of anilines is 2. The minimum absolute atomic E-state index is 0.213. The first kappa shape index (κ1) is 22.8. The number of nitrogens with zero attached hydrogens (tertiary/aromatic N) is 1. The van der Waals surface area contributed by atoms with E-state index in [1.165, 1.54) is 0 Å². The van der Waals surface area contributed by atoms with Crippen LogP contribution in [0.1, 0.15) is 41.3 Å². The summed E-state index contributed by atoms with van der Waals surface area (Å²) in [7, 11) is 0. The number of rotatable bonds is 9. The number of amides is 1. The third kappa shape index (κ3) is 6.35. The molecule has 1 aliphatic heterocycles. The molecule has 1 unspecified atom stereocenters. The highest BCUT2D eigenvalue weighted by Crippen LogP contribution is 2.27. The number of aliphatic carboxylic acids is 1. The second kappa shape index (κ2) is 11.0. The van der Waals surface area contributed by atoms with E-state index in [9.17, 15) is 14.7 Å². The second-order valence-corrected chi connectivity index (χ2v) is 7.86. The number of carboxylic acids is 1. The highest BCUT2D eigenvalue weighted by molar-refractivity contribution is 6.04. The van der Waals surface area contributed by atoms with Crippen molar-refractivity contribution >= 4 is 23.3 Å². The van der Waals surface area contributed by atoms with E-state index in [2.05, 4.69) is 27.0 Å². The number of carboxylic acid groups (broad SMARTS) is 1. The first-order valence-corrected chi connectivity index (χ1v) is 11.1. The summed E-state index contributed by atoms with van der Waals surface area (Å²) in [5, 5.41) is 18.7. The minimum atomic E-state index is -0.980. The number of hydrogen-bond acceptors (Lipinski definition) is 6. The molecule has 8 nitrogen and oxygen atoms in total. The molecule has 2 heterocycles. The number of hydrogen-bond donors (Lipinski definition) is 4. The van der Waals surface area contributed by atoms with E-state index >= 15 is 0 Å². The van der Waals surface area contributed by atoms with Crippen molar-refractivity contribution in [2.45, 2.75) is 25.4 Å². The van der Waals surface area contributed by atoms with Crippen LogP contribution >= 0.6 is 0 Å². The van der Waals surface area contributed by atoms with Crippen molar-refractivity contribution in [2.24, 2.45) is 0 Å². The Balaban J connectivity index is 1.40. The van der Waals surface area contributed by atoms with E-state index in [1.807, 2.05) is 12.1 Å². The molecule has 174 valence electrons. The van der Waals surface area contributed by atoms with Crippen LogP contribution in [0.25, 0.3) is 0 Å². The summed E-state index contributed by atoms with van der Waals surface area (Å²) in [6.45, 7) is 0.946. The van der Waals surface area contributed by atoms with Crippen LogP contribution < -0.4 is 20.7 Å². The van der Waals surface area contributed by atoms with Gasteiger partial charge in [-0.3, -0.25) is 14.6 Å². The Morgan fingerprint density at radius 3 is 2.65 bits per heavy atom. The average molecular weight is 459 g/mol. The quantitative estimate of drug-likeness (QED) is 0.372. The molecule has 0 bridgehead atoms. The van der Waals surface area contributed by atoms with Crippen molar-refractivity contribution < 1.29 is 19.4 Å². The van der Waals surface area contributed by atoms with Crippen LogP contribution in [0.2, 0.25) is 0 Å². The molecule has 0 saturated heterocycles. The summed E-state index contributed by atoms with van der Waals surface area (Å²) in [5.74, 6) is 0.188. The molecule has 3 aromatic rings. The van der Waals surface area contributed by atoms with Crippen LogP contribution in [0.15, 0.2) is 85.0 Å². The van der Waals surface area contributed by atoms with Crippen molar-refractivity contribution in [3.63, 3.8) is 0 Å². The van der Waals surface area contributed by atoms with E-state index in [1.54, 1.807) is 60.9 Å². The number of benzene rings is 2. The fourth-order valence-corrected chi connectivity index (χ4v) is 3.57. The summed E-state index contributed by atoms with van der Waals surface area (Å²) in [5.41, 5.74) is 2.61. The van der Waals surface area contributed by atoms with E-state index < -0.39 is 12.1 Å². The molecule has 0 aliphatic carbocycles. The number of aromatic nitrogens is 1. The van der Waals surface area contributed by atoms with Crippen molar-refractivity contribution in [3.8, 4) is 5.75 Å². The highest BCUT2D eigenvalue weighted by atomic mass is 16.5. The normalized spacial score (nSPS) is 13.7. The lowest BCUT2D eigenvalue weighted by Gasteiger charge is -2.18. The number of carbonyl (C=O) groups is 2. The lowest BCUT2D eigenvalue weighted by molar-refractivity contribution is -0.138. The van der Waals surface area contributed by atoms with Crippen molar-refractivity contribution in [3.05, 3.63) is 96.1 Å². The van der Waals surface area contributed by atoms with Gasteiger partial charge in [-0.2, -0.15) is 0 Å². The Labute approximate surface area is 197 Å². The van der Waals surface area contributed by atoms with Crippen molar-refractivity contribution in [1.82, 2.24) is 10.3 Å². The maximum Gasteiger partial charge on any atom is 0.307 e. The van der Waals surface area contributed by atoms with E-state index in [0.29, 0.717) is 22.6 Å². The zero-order valence-corrected chi connectivity index (χ0v) is 18.5. The van der Waals surface area contributed by atoms with E-state index in [4.69, 9.17) is 4.74 Å². The molecule has 1 amide bonds. The summed E-state index contributed by atoms with van der Waals surface area (Å²) in [6, 6.07) is 17.6. The summed E-state index contributed by atoms with van der Waals surface area (Å²) >= 11 is 0. The Morgan fingerprint density at radius 1 is 1.09 bits per heavy atom. The van der Waals surface area contributed by atoms with Gasteiger partial charge >= 0.3 is 5.97 Å². The number of nitrogens with one attached hydrogen (secondary N) is 3. The fraction of sp³-hybridized carbons (Fsp3) is 0.192. The number of carbonyl (C=O) groups excluding carboxylic acids is 1. The van der Waals surface area contributed by atoms with E-state index in [0.717, 1.165) is 30.9 Å². The van der Waals surface area contributed by atoms with E-state index in [-0.39, 0.29) is 12.3 Å². The first-order chi connectivity index (χ1) is 16.6. The van der Waals surface area contributed by atoms with Crippen molar-refractivity contribution in [2.75, 3.05) is 17.2 Å². The lowest BCUT2D eigenvalue weighted by Crippen LogP contribution is -2.23. The predicted octanol–water partition coefficient (Wildman–Crippen LogP) is 4.57. The lowest BCUT2D eigenvalue weighted by atomic mass is 10.1. The topological polar surface area (TPSA) is 113 Å². The molecule has 1 atom stereocenters. The monoisotopic (exact) mass is 458 g/mol. The van der Waals surface area contributed by atoms with Crippen LogP contribution in [0, 0.1) is 0 Å². The molecule has 1 aliphatic rings. The number of pyridine rings is 1. The zero-order valence-electron chi connectivity index (χ0n) is 18.5. The molecule has 0 fully saturated rings. The van der Waals surface area contributed by atoms with Gasteiger partial charge in [0.1, 0.15) is 11.9 Å². The van der Waals surface area contributed by atoms with Gasteiger partial charge in [-0.25, -0.2) is 0 Å². The largest absolute Gasteiger partial charge is 0.485 e. The molecule has 2 aromatic carbocycles. The molecule has 8 heteroatoms. The molecule has 0 saturated carbocycles. The third-order valence-corrected chi connectivity index (χ3v) is 5.26. The standard InChI is InChI=1S/C26H26N4O4/c31-25(32)16-23(19-5-4-13-27-17-19)34-22-7-3-6-21(15-22)30-26(33)18-9-11-20(12-10-18)29-24-8-1-2-14-28-24/h3-13,15,17,23,28-29H,1-2,14,16H2,(H,30,33)(H,31,32). The smallest absolute Gasteiger partial charge is 0.307 e. The third-order valence-electron chi connectivity index (χ3n) is 5.26. The van der Waals surface area contributed by atoms with Crippen molar-refractivity contribution in [1.29, 1.82) is 0 Å². The maximum absolute atomic E-state index is 12.7. The highest BCUT2D eigenvalue weighted by Gasteiger charge is 2.18. The van der Waals surface area contributed by atoms with Crippen LogP contribution in [0.4, 0.5) is 11.4 Å². The molecule has 0 spiro atoms. The Bertz CT molecular complexity index is 1160.